The van der Waals surface area contributed by atoms with Gasteiger partial charge in [0.15, 0.2) is 0 Å². The van der Waals surface area contributed by atoms with Crippen molar-refractivity contribution < 1.29 is 13.2 Å². The third-order valence-electron chi connectivity index (χ3n) is 4.45. The quantitative estimate of drug-likeness (QED) is 0.831. The maximum Gasteiger partial charge on any atom is 0.227 e. The van der Waals surface area contributed by atoms with E-state index >= 15 is 0 Å². The maximum atomic E-state index is 12.2. The fourth-order valence-electron chi connectivity index (χ4n) is 3.11. The van der Waals surface area contributed by atoms with Crippen LogP contribution in [0.1, 0.15) is 46.5 Å². The molecule has 5 nitrogen and oxygen atoms in total. The van der Waals surface area contributed by atoms with Crippen molar-refractivity contribution in [2.45, 2.75) is 58.5 Å². The van der Waals surface area contributed by atoms with Crippen LogP contribution >= 0.6 is 0 Å². The van der Waals surface area contributed by atoms with Gasteiger partial charge in [0.25, 0.3) is 0 Å². The Morgan fingerprint density at radius 3 is 1.95 bits per heavy atom. The second-order valence-electron chi connectivity index (χ2n) is 7.41. The molecule has 122 valence electrons. The summed E-state index contributed by atoms with van der Waals surface area (Å²) in [6, 6.07) is 0.739. The Hall–Kier alpha value is -0.620. The Morgan fingerprint density at radius 1 is 1.00 bits per heavy atom. The van der Waals surface area contributed by atoms with Gasteiger partial charge in [-0.15, -0.1) is 0 Å². The minimum Gasteiger partial charge on any atom is -0.342 e. The van der Waals surface area contributed by atoms with Crippen molar-refractivity contribution in [3.63, 3.8) is 0 Å². The fourth-order valence-corrected chi connectivity index (χ4v) is 4.61. The summed E-state index contributed by atoms with van der Waals surface area (Å²) in [5, 5.41) is 3.59. The van der Waals surface area contributed by atoms with Crippen molar-refractivity contribution >= 4 is 15.7 Å². The lowest BCUT2D eigenvalue weighted by atomic mass is 9.92. The number of carbonyl (C=O) groups excluding carboxylic acids is 1. The molecule has 2 heterocycles. The SMILES string of the molecule is CC(C)(C)C(=O)N1CCC(NC2CCS(=O)(=O)CC2)CC1. The molecule has 0 unspecified atom stereocenters. The fraction of sp³-hybridized carbons (Fsp3) is 0.933. The van der Waals surface area contributed by atoms with Gasteiger partial charge in [-0.05, 0) is 25.7 Å². The third kappa shape index (κ3) is 4.68. The summed E-state index contributed by atoms with van der Waals surface area (Å²) < 4.78 is 22.9. The van der Waals surface area contributed by atoms with E-state index in [-0.39, 0.29) is 11.3 Å². The monoisotopic (exact) mass is 316 g/mol. The van der Waals surface area contributed by atoms with Crippen LogP contribution in [0, 0.1) is 5.41 Å². The second-order valence-corrected chi connectivity index (χ2v) is 9.71. The number of amides is 1. The number of nitrogens with zero attached hydrogens (tertiary/aromatic N) is 1. The van der Waals surface area contributed by atoms with Gasteiger partial charge in [0.1, 0.15) is 9.84 Å². The number of nitrogens with one attached hydrogen (secondary N) is 1. The third-order valence-corrected chi connectivity index (χ3v) is 6.17. The zero-order valence-electron chi connectivity index (χ0n) is 13.4. The van der Waals surface area contributed by atoms with Gasteiger partial charge in [-0.2, -0.15) is 0 Å². The van der Waals surface area contributed by atoms with Gasteiger partial charge in [-0.3, -0.25) is 4.79 Å². The van der Waals surface area contributed by atoms with Crippen LogP contribution in [0.15, 0.2) is 0 Å². The van der Waals surface area contributed by atoms with Crippen LogP contribution in [-0.2, 0) is 14.6 Å². The molecule has 0 saturated carbocycles. The van der Waals surface area contributed by atoms with Gasteiger partial charge in [0.2, 0.25) is 5.91 Å². The highest BCUT2D eigenvalue weighted by molar-refractivity contribution is 7.91. The number of likely N-dealkylation sites (tertiary alicyclic amines) is 1. The first-order chi connectivity index (χ1) is 9.67. The Kier molecular flexibility index (Phi) is 4.98. The van der Waals surface area contributed by atoms with E-state index in [2.05, 4.69) is 5.32 Å². The molecule has 6 heteroatoms. The highest BCUT2D eigenvalue weighted by Gasteiger charge is 2.31. The lowest BCUT2D eigenvalue weighted by Gasteiger charge is -2.37. The summed E-state index contributed by atoms with van der Waals surface area (Å²) in [6.45, 7) is 7.49. The highest BCUT2D eigenvalue weighted by atomic mass is 32.2. The van der Waals surface area contributed by atoms with Gasteiger partial charge in [-0.25, -0.2) is 8.42 Å². The molecular formula is C15H28N2O3S. The first kappa shape index (κ1) is 16.7. The molecule has 0 spiro atoms. The summed E-state index contributed by atoms with van der Waals surface area (Å²) in [7, 11) is -2.79. The van der Waals surface area contributed by atoms with E-state index in [0.717, 1.165) is 38.8 Å². The predicted octanol–water partition coefficient (Wildman–Crippen LogP) is 1.19. The Labute approximate surface area is 128 Å². The predicted molar refractivity (Wildman–Crippen MR) is 83.9 cm³/mol. The van der Waals surface area contributed by atoms with E-state index in [1.807, 2.05) is 25.7 Å². The molecule has 2 saturated heterocycles. The standard InChI is InChI=1S/C15H28N2O3S/c1-15(2,3)14(18)17-8-4-12(5-9-17)16-13-6-10-21(19,20)11-7-13/h12-13,16H,4-11H2,1-3H3. The molecule has 0 radical (unpaired) electrons. The smallest absolute Gasteiger partial charge is 0.227 e. The molecule has 0 aromatic heterocycles. The molecule has 0 bridgehead atoms. The van der Waals surface area contributed by atoms with E-state index in [1.165, 1.54) is 0 Å². The van der Waals surface area contributed by atoms with Gasteiger partial charge >= 0.3 is 0 Å². The molecule has 1 amide bonds. The van der Waals surface area contributed by atoms with E-state index in [4.69, 9.17) is 0 Å². The summed E-state index contributed by atoms with van der Waals surface area (Å²) in [5.41, 5.74) is -0.308. The van der Waals surface area contributed by atoms with Crippen LogP contribution in [0.2, 0.25) is 0 Å². The van der Waals surface area contributed by atoms with Crippen LogP contribution in [0.4, 0.5) is 0 Å². The van der Waals surface area contributed by atoms with Crippen molar-refractivity contribution in [1.29, 1.82) is 0 Å². The van der Waals surface area contributed by atoms with Gasteiger partial charge in [0.05, 0.1) is 11.5 Å². The lowest BCUT2D eigenvalue weighted by Crippen LogP contribution is -2.51. The van der Waals surface area contributed by atoms with Crippen molar-refractivity contribution in [3.05, 3.63) is 0 Å². The molecule has 21 heavy (non-hydrogen) atoms. The molecule has 0 atom stereocenters. The molecule has 1 N–H and O–H groups in total. The van der Waals surface area contributed by atoms with Crippen LogP contribution in [0.25, 0.3) is 0 Å². The summed E-state index contributed by atoms with van der Waals surface area (Å²) in [6.07, 6.45) is 3.38. The first-order valence-corrected chi connectivity index (χ1v) is 9.75. The minimum absolute atomic E-state index is 0.227. The Balaban J connectivity index is 1.76. The van der Waals surface area contributed by atoms with E-state index in [1.54, 1.807) is 0 Å². The largest absolute Gasteiger partial charge is 0.342 e. The molecule has 2 aliphatic heterocycles. The van der Waals surface area contributed by atoms with E-state index < -0.39 is 9.84 Å². The minimum atomic E-state index is -2.79. The van der Waals surface area contributed by atoms with Gasteiger partial charge < -0.3 is 10.2 Å². The highest BCUT2D eigenvalue weighted by Crippen LogP contribution is 2.22. The summed E-state index contributed by atoms with van der Waals surface area (Å²) >= 11 is 0. The van der Waals surface area contributed by atoms with E-state index in [0.29, 0.717) is 23.6 Å². The lowest BCUT2D eigenvalue weighted by molar-refractivity contribution is -0.140. The number of sulfone groups is 1. The van der Waals surface area contributed by atoms with Gasteiger partial charge in [-0.1, -0.05) is 20.8 Å². The van der Waals surface area contributed by atoms with Crippen molar-refractivity contribution in [3.8, 4) is 0 Å². The molecule has 0 aromatic rings. The number of carbonyl (C=O) groups is 1. The average Bonchev–Trinajstić information content (AvgIpc) is 2.40. The van der Waals surface area contributed by atoms with Crippen molar-refractivity contribution in [1.82, 2.24) is 10.2 Å². The molecule has 2 rings (SSSR count). The van der Waals surface area contributed by atoms with Crippen molar-refractivity contribution in [2.24, 2.45) is 5.41 Å². The van der Waals surface area contributed by atoms with Crippen molar-refractivity contribution in [2.75, 3.05) is 24.6 Å². The van der Waals surface area contributed by atoms with Crippen LogP contribution in [0.3, 0.4) is 0 Å². The van der Waals surface area contributed by atoms with Crippen LogP contribution in [0.5, 0.6) is 0 Å². The zero-order chi connectivity index (χ0) is 15.7. The second kappa shape index (κ2) is 6.24. The van der Waals surface area contributed by atoms with Crippen LogP contribution in [-0.4, -0.2) is 55.9 Å². The molecule has 2 aliphatic rings. The molecule has 2 fully saturated rings. The normalized spacial score (nSPS) is 25.0. The Morgan fingerprint density at radius 2 is 1.48 bits per heavy atom. The summed E-state index contributed by atoms with van der Waals surface area (Å²) in [4.78, 5) is 14.2. The average molecular weight is 316 g/mol. The zero-order valence-corrected chi connectivity index (χ0v) is 14.2. The molecular weight excluding hydrogens is 288 g/mol. The number of piperidine rings is 1. The Bertz CT molecular complexity index is 460. The molecule has 0 aliphatic carbocycles. The van der Waals surface area contributed by atoms with Crippen LogP contribution < -0.4 is 5.32 Å². The molecule has 0 aromatic carbocycles. The van der Waals surface area contributed by atoms with E-state index in [9.17, 15) is 13.2 Å². The maximum absolute atomic E-state index is 12.2. The summed E-state index contributed by atoms with van der Waals surface area (Å²) in [5.74, 6) is 0.850. The van der Waals surface area contributed by atoms with Gasteiger partial charge in [0, 0.05) is 30.6 Å². The number of hydrogen-bond donors (Lipinski definition) is 1. The first-order valence-electron chi connectivity index (χ1n) is 7.93. The number of rotatable bonds is 2. The number of hydrogen-bond acceptors (Lipinski definition) is 4. The topological polar surface area (TPSA) is 66.5 Å².